The second kappa shape index (κ2) is 10.8. The zero-order valence-corrected chi connectivity index (χ0v) is 24.1. The molecule has 2 aliphatic heterocycles. The smallest absolute Gasteiger partial charge is 0.319 e. The monoisotopic (exact) mass is 585 g/mol. The summed E-state index contributed by atoms with van der Waals surface area (Å²) in [5.74, 6) is -0.917. The molecule has 4 aliphatic rings. The molecule has 1 amide bonds. The fourth-order valence-corrected chi connectivity index (χ4v) is 7.17. The first kappa shape index (κ1) is 27.7. The van der Waals surface area contributed by atoms with E-state index in [0.29, 0.717) is 29.6 Å². The van der Waals surface area contributed by atoms with Gasteiger partial charge in [0.15, 0.2) is 11.6 Å². The van der Waals surface area contributed by atoms with E-state index in [4.69, 9.17) is 9.72 Å². The number of likely N-dealkylation sites (tertiary alicyclic amines) is 1. The van der Waals surface area contributed by atoms with Crippen molar-refractivity contribution in [2.75, 3.05) is 44.7 Å². The molecule has 222 valence electrons. The van der Waals surface area contributed by atoms with Crippen molar-refractivity contribution in [2.45, 2.75) is 50.1 Å². The summed E-state index contributed by atoms with van der Waals surface area (Å²) in [6, 6.07) is 7.79. The molecular weight excluding hydrogens is 552 g/mol. The summed E-state index contributed by atoms with van der Waals surface area (Å²) in [6.07, 6.45) is 5.83. The number of rotatable bonds is 7. The van der Waals surface area contributed by atoms with Crippen LogP contribution in [-0.4, -0.2) is 82.6 Å². The number of hydrogen-bond donors (Lipinski definition) is 0. The molecule has 0 spiro atoms. The quantitative estimate of drug-likeness (QED) is 0.377. The Hall–Kier alpha value is -4.17. The van der Waals surface area contributed by atoms with Gasteiger partial charge in [-0.2, -0.15) is 15.2 Å². The van der Waals surface area contributed by atoms with E-state index >= 15 is 4.39 Å². The highest BCUT2D eigenvalue weighted by Crippen LogP contribution is 2.58. The topological polar surface area (TPSA) is 98.5 Å². The van der Waals surface area contributed by atoms with E-state index in [1.54, 1.807) is 6.20 Å². The Balaban J connectivity index is 1.29. The minimum Gasteiger partial charge on any atom is -0.462 e. The van der Waals surface area contributed by atoms with Crippen LogP contribution in [0.25, 0.3) is 22.2 Å². The van der Waals surface area contributed by atoms with E-state index < -0.39 is 23.6 Å². The number of fused-ring (bicyclic) bond motifs is 4. The summed E-state index contributed by atoms with van der Waals surface area (Å²) >= 11 is 0. The molecule has 0 bridgehead atoms. The standard InChI is InChI=1S/C32H33F2N7O2/c1-18(33)31(42)41-12-11-40(16-21(41)8-9-35)30-25-15-36-28(23-7-3-5-19-13-20-14-24(20)26(19)23)27(34)29(25)37-32(38-30)43-17-22-6-4-10-39(22)2/h3,5,7,15,20-22,24H,1,4,6,8,10-14,16-17H2,2H3/t20?,21-,22-,24+/m0/s1. The lowest BCUT2D eigenvalue weighted by Crippen LogP contribution is -2.55. The van der Waals surface area contributed by atoms with Gasteiger partial charge in [0.05, 0.1) is 23.9 Å². The molecule has 2 saturated heterocycles. The van der Waals surface area contributed by atoms with Crippen LogP contribution in [-0.2, 0) is 11.2 Å². The molecule has 4 atom stereocenters. The van der Waals surface area contributed by atoms with Crippen molar-refractivity contribution in [3.05, 3.63) is 53.7 Å². The molecule has 0 radical (unpaired) electrons. The molecule has 9 nitrogen and oxygen atoms in total. The highest BCUT2D eigenvalue weighted by atomic mass is 19.1. The normalized spacial score (nSPS) is 24.5. The second-order valence-corrected chi connectivity index (χ2v) is 12.2. The lowest BCUT2D eigenvalue weighted by Gasteiger charge is -2.41. The number of halogens is 2. The molecule has 1 saturated carbocycles. The van der Waals surface area contributed by atoms with Crippen LogP contribution in [0, 0.1) is 23.1 Å². The van der Waals surface area contributed by atoms with Gasteiger partial charge >= 0.3 is 6.01 Å². The minimum absolute atomic E-state index is 0.00601. The summed E-state index contributed by atoms with van der Waals surface area (Å²) in [5, 5.41) is 9.87. The van der Waals surface area contributed by atoms with Gasteiger partial charge in [0, 0.05) is 37.4 Å². The largest absolute Gasteiger partial charge is 0.462 e. The third kappa shape index (κ3) is 4.87. The Kier molecular flexibility index (Phi) is 6.96. The first-order valence-electron chi connectivity index (χ1n) is 14.9. The Bertz CT molecular complexity index is 1670. The molecule has 4 heterocycles. The van der Waals surface area contributed by atoms with E-state index in [2.05, 4.69) is 40.6 Å². The fourth-order valence-electron chi connectivity index (χ4n) is 7.17. The maximum absolute atomic E-state index is 16.6. The number of hydrogen-bond acceptors (Lipinski definition) is 8. The lowest BCUT2D eigenvalue weighted by atomic mass is 9.96. The van der Waals surface area contributed by atoms with Crippen molar-refractivity contribution in [3.63, 3.8) is 0 Å². The van der Waals surface area contributed by atoms with Crippen molar-refractivity contribution in [1.82, 2.24) is 24.8 Å². The Morgan fingerprint density at radius 1 is 1.23 bits per heavy atom. The number of nitrogens with zero attached hydrogens (tertiary/aromatic N) is 7. The Morgan fingerprint density at radius 3 is 2.86 bits per heavy atom. The third-order valence-corrected chi connectivity index (χ3v) is 9.55. The van der Waals surface area contributed by atoms with Gasteiger partial charge in [-0.25, -0.2) is 8.78 Å². The molecule has 1 unspecified atom stereocenters. The highest BCUT2D eigenvalue weighted by Gasteiger charge is 2.46. The molecule has 1 aromatic carbocycles. The predicted molar refractivity (Wildman–Crippen MR) is 157 cm³/mol. The molecule has 7 rings (SSSR count). The molecule has 2 aromatic heterocycles. The van der Waals surface area contributed by atoms with Gasteiger partial charge in [0.25, 0.3) is 5.91 Å². The maximum Gasteiger partial charge on any atom is 0.319 e. The SMILES string of the molecule is C=C(F)C(=O)N1CCN(c2nc(OC[C@@H]3CCCN3C)nc3c(F)c(-c4cccc5c4[C@@H]4CC4C5)ncc23)C[C@@H]1CC#N. The van der Waals surface area contributed by atoms with E-state index in [9.17, 15) is 14.4 Å². The Morgan fingerprint density at radius 2 is 2.09 bits per heavy atom. The first-order valence-corrected chi connectivity index (χ1v) is 14.9. The second-order valence-electron chi connectivity index (χ2n) is 12.2. The number of ether oxygens (including phenoxy) is 1. The van der Waals surface area contributed by atoms with Crippen molar-refractivity contribution < 1.29 is 18.3 Å². The highest BCUT2D eigenvalue weighted by molar-refractivity contribution is 5.93. The van der Waals surface area contributed by atoms with Gasteiger partial charge in [-0.1, -0.05) is 24.8 Å². The van der Waals surface area contributed by atoms with Crippen molar-refractivity contribution in [1.29, 1.82) is 5.26 Å². The van der Waals surface area contributed by atoms with Crippen molar-refractivity contribution in [2.24, 2.45) is 5.92 Å². The van der Waals surface area contributed by atoms with E-state index in [1.165, 1.54) is 16.0 Å². The van der Waals surface area contributed by atoms with E-state index in [0.717, 1.165) is 37.8 Å². The van der Waals surface area contributed by atoms with Gasteiger partial charge in [0.2, 0.25) is 0 Å². The Labute approximate surface area is 248 Å². The molecule has 3 fully saturated rings. The molecular formula is C32H33F2N7O2. The average molecular weight is 586 g/mol. The van der Waals surface area contributed by atoms with E-state index in [-0.39, 0.29) is 49.3 Å². The van der Waals surface area contributed by atoms with E-state index in [1.807, 2.05) is 17.0 Å². The summed E-state index contributed by atoms with van der Waals surface area (Å²) in [6.45, 7) is 5.13. The number of anilines is 1. The summed E-state index contributed by atoms with van der Waals surface area (Å²) < 4.78 is 36.4. The number of pyridine rings is 1. The molecule has 2 aliphatic carbocycles. The van der Waals surface area contributed by atoms with Crippen LogP contribution in [0.15, 0.2) is 36.8 Å². The lowest BCUT2D eigenvalue weighted by molar-refractivity contribution is -0.131. The average Bonchev–Trinajstić information content (AvgIpc) is 3.48. The zero-order valence-electron chi connectivity index (χ0n) is 24.1. The van der Waals surface area contributed by atoms with Crippen LogP contribution in [0.4, 0.5) is 14.6 Å². The number of nitriles is 1. The number of amides is 1. The van der Waals surface area contributed by atoms with Crippen LogP contribution in [0.1, 0.15) is 42.7 Å². The summed E-state index contributed by atoms with van der Waals surface area (Å²) in [7, 11) is 2.05. The van der Waals surface area contributed by atoms with Gasteiger partial charge < -0.3 is 19.4 Å². The maximum atomic E-state index is 16.6. The van der Waals surface area contributed by atoms with Crippen molar-refractivity contribution >= 4 is 22.6 Å². The van der Waals surface area contributed by atoms with Crippen LogP contribution in [0.5, 0.6) is 6.01 Å². The van der Waals surface area contributed by atoms with Gasteiger partial charge in [-0.05, 0) is 62.2 Å². The fraction of sp³-hybridized carbons (Fsp3) is 0.469. The van der Waals surface area contributed by atoms with Crippen molar-refractivity contribution in [3.8, 4) is 23.3 Å². The number of aromatic nitrogens is 3. The molecule has 0 N–H and O–H groups in total. The van der Waals surface area contributed by atoms with Crippen LogP contribution < -0.4 is 9.64 Å². The number of piperazine rings is 1. The third-order valence-electron chi connectivity index (χ3n) is 9.55. The molecule has 11 heteroatoms. The minimum atomic E-state index is -1.07. The number of likely N-dealkylation sites (N-methyl/N-ethyl adjacent to an activating group) is 1. The number of benzene rings is 1. The van der Waals surface area contributed by atoms with Gasteiger partial charge in [-0.3, -0.25) is 9.78 Å². The van der Waals surface area contributed by atoms with Crippen LogP contribution in [0.2, 0.25) is 0 Å². The predicted octanol–water partition coefficient (Wildman–Crippen LogP) is 4.38. The number of carbonyl (C=O) groups is 1. The van der Waals surface area contributed by atoms with Crippen LogP contribution in [0.3, 0.4) is 0 Å². The van der Waals surface area contributed by atoms with Gasteiger partial charge in [-0.15, -0.1) is 0 Å². The van der Waals surface area contributed by atoms with Gasteiger partial charge in [0.1, 0.15) is 23.6 Å². The summed E-state index contributed by atoms with van der Waals surface area (Å²) in [4.78, 5) is 31.8. The number of carbonyl (C=O) groups excluding carboxylic acids is 1. The molecule has 43 heavy (non-hydrogen) atoms. The molecule has 3 aromatic rings. The zero-order chi connectivity index (χ0) is 29.8. The first-order chi connectivity index (χ1) is 20.8. The van der Waals surface area contributed by atoms with Crippen LogP contribution >= 0.6 is 0 Å². The summed E-state index contributed by atoms with van der Waals surface area (Å²) in [5.41, 5.74) is 3.65.